The molecule has 0 saturated carbocycles. The fourth-order valence-electron chi connectivity index (χ4n) is 6.29. The van der Waals surface area contributed by atoms with Crippen LogP contribution in [0.3, 0.4) is 0 Å². The van der Waals surface area contributed by atoms with Crippen LogP contribution in [0.25, 0.3) is 22.2 Å². The van der Waals surface area contributed by atoms with Gasteiger partial charge in [-0.2, -0.15) is 4.98 Å². The van der Waals surface area contributed by atoms with Crippen molar-refractivity contribution in [1.82, 2.24) is 29.8 Å². The fraction of sp³-hybridized carbons (Fsp3) is 0.250. The number of fused-ring (bicyclic) bond motifs is 1. The molecule has 2 aromatic carbocycles. The molecule has 7 rings (SSSR count). The molecule has 1 fully saturated rings. The summed E-state index contributed by atoms with van der Waals surface area (Å²) in [5, 5.41) is 7.53. The van der Waals surface area contributed by atoms with Crippen LogP contribution in [0.4, 0.5) is 11.6 Å². The molecule has 44 heavy (non-hydrogen) atoms. The quantitative estimate of drug-likeness (QED) is 0.217. The van der Waals surface area contributed by atoms with E-state index in [4.69, 9.17) is 4.98 Å². The lowest BCUT2D eigenvalue weighted by Crippen LogP contribution is -2.26. The van der Waals surface area contributed by atoms with E-state index in [1.54, 1.807) is 23.2 Å². The third kappa shape index (κ3) is 5.68. The average molecular weight is 582 g/mol. The van der Waals surface area contributed by atoms with Gasteiger partial charge in [0.05, 0.1) is 17.9 Å². The molecule has 8 nitrogen and oxygen atoms in total. The molecule has 220 valence electrons. The maximum Gasteiger partial charge on any atom is 0.260 e. The Morgan fingerprint density at radius 3 is 2.57 bits per heavy atom. The van der Waals surface area contributed by atoms with Crippen LogP contribution in [0.1, 0.15) is 66.1 Å². The number of aromatic nitrogens is 5. The van der Waals surface area contributed by atoms with E-state index in [1.807, 2.05) is 36.4 Å². The second-order valence-corrected chi connectivity index (χ2v) is 11.5. The van der Waals surface area contributed by atoms with Gasteiger partial charge in [-0.3, -0.25) is 19.3 Å². The first-order chi connectivity index (χ1) is 21.6. The van der Waals surface area contributed by atoms with Gasteiger partial charge in [-0.1, -0.05) is 55.1 Å². The Bertz CT molecular complexity index is 1910. The number of pyridine rings is 1. The molecule has 1 aliphatic carbocycles. The van der Waals surface area contributed by atoms with Gasteiger partial charge in [0.1, 0.15) is 5.65 Å². The third-order valence-corrected chi connectivity index (χ3v) is 8.68. The fourth-order valence-corrected chi connectivity index (χ4v) is 6.29. The van der Waals surface area contributed by atoms with E-state index in [9.17, 15) is 4.79 Å². The first kappa shape index (κ1) is 27.9. The van der Waals surface area contributed by atoms with Crippen LogP contribution in [0.5, 0.6) is 0 Å². The van der Waals surface area contributed by atoms with Crippen molar-refractivity contribution >= 4 is 33.8 Å². The summed E-state index contributed by atoms with van der Waals surface area (Å²) in [6.45, 7) is 6.65. The summed E-state index contributed by atoms with van der Waals surface area (Å²) in [4.78, 5) is 33.1. The molecular weight excluding hydrogens is 546 g/mol. The van der Waals surface area contributed by atoms with Crippen LogP contribution in [0.15, 0.2) is 96.7 Å². The van der Waals surface area contributed by atoms with Crippen molar-refractivity contribution in [1.29, 1.82) is 0 Å². The van der Waals surface area contributed by atoms with Crippen molar-refractivity contribution in [3.63, 3.8) is 0 Å². The number of allylic oxidation sites excluding steroid dienone is 2. The second kappa shape index (κ2) is 12.3. The normalized spacial score (nSPS) is 15.3. The zero-order valence-electron chi connectivity index (χ0n) is 24.7. The van der Waals surface area contributed by atoms with Crippen LogP contribution >= 0.6 is 0 Å². The zero-order chi connectivity index (χ0) is 29.9. The number of nitrogens with zero attached hydrogens (tertiary/aromatic N) is 5. The lowest BCUT2D eigenvalue weighted by Gasteiger charge is -2.23. The SMILES string of the molecule is C=C(c1ccccc1)c1cc2cnc(Nc3ccc(C4CCNCC4)cc3)nc2n(Cc2nccnc2C2=CCCC2)c1=O. The lowest BCUT2D eigenvalue weighted by molar-refractivity contribution is 0.460. The monoisotopic (exact) mass is 581 g/mol. The summed E-state index contributed by atoms with van der Waals surface area (Å²) in [7, 11) is 0. The minimum Gasteiger partial charge on any atom is -0.324 e. The number of benzene rings is 2. The largest absolute Gasteiger partial charge is 0.324 e. The molecule has 0 bridgehead atoms. The Morgan fingerprint density at radius 2 is 1.80 bits per heavy atom. The molecule has 0 radical (unpaired) electrons. The molecule has 1 saturated heterocycles. The van der Waals surface area contributed by atoms with E-state index in [0.29, 0.717) is 28.6 Å². The van der Waals surface area contributed by atoms with Gasteiger partial charge in [0.25, 0.3) is 5.56 Å². The van der Waals surface area contributed by atoms with Gasteiger partial charge in [-0.25, -0.2) is 4.98 Å². The van der Waals surface area contributed by atoms with Gasteiger partial charge in [-0.15, -0.1) is 0 Å². The topological polar surface area (TPSA) is 97.6 Å². The summed E-state index contributed by atoms with van der Waals surface area (Å²) < 4.78 is 1.69. The molecule has 0 atom stereocenters. The standard InChI is InChI=1S/C36H35N7O/c1-24(25-7-3-2-4-8-25)31-21-29-22-40-36(41-30-13-11-26(12-14-30)27-15-17-37-18-16-27)42-34(29)43(35(31)44)23-32-33(39-20-19-38-32)28-9-5-6-10-28/h2-4,7-9,11-14,19-22,27,37H,1,5-6,10,15-18,23H2,(H,40,41,42). The summed E-state index contributed by atoms with van der Waals surface area (Å²) in [6.07, 6.45) is 12.8. The highest BCUT2D eigenvalue weighted by molar-refractivity contribution is 5.85. The summed E-state index contributed by atoms with van der Waals surface area (Å²) >= 11 is 0. The molecule has 4 heterocycles. The smallest absolute Gasteiger partial charge is 0.260 e. The van der Waals surface area contributed by atoms with Gasteiger partial charge in [0.2, 0.25) is 5.95 Å². The zero-order valence-corrected chi connectivity index (χ0v) is 24.7. The highest BCUT2D eigenvalue weighted by Gasteiger charge is 2.20. The maximum atomic E-state index is 14.2. The minimum absolute atomic E-state index is 0.181. The van der Waals surface area contributed by atoms with Crippen molar-refractivity contribution < 1.29 is 0 Å². The molecule has 1 aliphatic heterocycles. The number of rotatable bonds is 8. The molecule has 0 amide bonds. The van der Waals surface area contributed by atoms with Gasteiger partial charge < -0.3 is 10.6 Å². The number of hydrogen-bond donors (Lipinski definition) is 2. The summed E-state index contributed by atoms with van der Waals surface area (Å²) in [5.41, 5.74) is 7.42. The second-order valence-electron chi connectivity index (χ2n) is 11.5. The molecule has 2 aliphatic rings. The Kier molecular flexibility index (Phi) is 7.81. The number of anilines is 2. The van der Waals surface area contributed by atoms with Crippen molar-refractivity contribution in [2.75, 3.05) is 18.4 Å². The highest BCUT2D eigenvalue weighted by atomic mass is 16.1. The average Bonchev–Trinajstić information content (AvgIpc) is 3.62. The predicted octanol–water partition coefficient (Wildman–Crippen LogP) is 6.47. The first-order valence-electron chi connectivity index (χ1n) is 15.4. The minimum atomic E-state index is -0.181. The molecule has 3 aromatic heterocycles. The van der Waals surface area contributed by atoms with Gasteiger partial charge >= 0.3 is 0 Å². The maximum absolute atomic E-state index is 14.2. The molecule has 5 aromatic rings. The first-order valence-corrected chi connectivity index (χ1v) is 15.4. The Morgan fingerprint density at radius 1 is 1.00 bits per heavy atom. The number of piperidine rings is 1. The van der Waals surface area contributed by atoms with Crippen molar-refractivity contribution in [3.8, 4) is 0 Å². The summed E-state index contributed by atoms with van der Waals surface area (Å²) in [5.74, 6) is 1.01. The van der Waals surface area contributed by atoms with Crippen LogP contribution < -0.4 is 16.2 Å². The third-order valence-electron chi connectivity index (χ3n) is 8.68. The Hall–Kier alpha value is -4.95. The van der Waals surface area contributed by atoms with E-state index in [1.165, 1.54) is 11.1 Å². The van der Waals surface area contributed by atoms with Crippen molar-refractivity contribution in [3.05, 3.63) is 130 Å². The molecule has 2 N–H and O–H groups in total. The van der Waals surface area contributed by atoms with E-state index < -0.39 is 0 Å². The van der Waals surface area contributed by atoms with Crippen LogP contribution in [-0.4, -0.2) is 37.6 Å². The number of hydrogen-bond acceptors (Lipinski definition) is 7. The van der Waals surface area contributed by atoms with Crippen LogP contribution in [0.2, 0.25) is 0 Å². The van der Waals surface area contributed by atoms with E-state index >= 15 is 0 Å². The molecule has 8 heteroatoms. The lowest BCUT2D eigenvalue weighted by atomic mass is 9.90. The Labute approximate surface area is 256 Å². The number of nitrogens with one attached hydrogen (secondary N) is 2. The highest BCUT2D eigenvalue weighted by Crippen LogP contribution is 2.30. The molecular formula is C36H35N7O. The van der Waals surface area contributed by atoms with Crippen LogP contribution in [0, 0.1) is 0 Å². The van der Waals surface area contributed by atoms with Gasteiger partial charge in [0, 0.05) is 35.2 Å². The van der Waals surface area contributed by atoms with E-state index in [2.05, 4.69) is 62.5 Å². The van der Waals surface area contributed by atoms with Gasteiger partial charge in [-0.05, 0) is 91.6 Å². The van der Waals surface area contributed by atoms with E-state index in [0.717, 1.165) is 73.2 Å². The Balaban J connectivity index is 1.28. The van der Waals surface area contributed by atoms with Crippen LogP contribution in [-0.2, 0) is 6.54 Å². The van der Waals surface area contributed by atoms with E-state index in [-0.39, 0.29) is 12.1 Å². The molecule has 0 spiro atoms. The molecule has 0 unspecified atom stereocenters. The predicted molar refractivity (Wildman–Crippen MR) is 176 cm³/mol. The van der Waals surface area contributed by atoms with Crippen molar-refractivity contribution in [2.24, 2.45) is 0 Å². The van der Waals surface area contributed by atoms with Crippen molar-refractivity contribution in [2.45, 2.75) is 44.6 Å². The summed E-state index contributed by atoms with van der Waals surface area (Å²) in [6, 6.07) is 20.1. The van der Waals surface area contributed by atoms with Gasteiger partial charge in [0.15, 0.2) is 0 Å².